The molecule has 7 heteroatoms. The molecular formula is C15H25N5O2. The minimum atomic E-state index is -0.428. The van der Waals surface area contributed by atoms with Crippen molar-refractivity contribution in [2.75, 3.05) is 0 Å². The van der Waals surface area contributed by atoms with Crippen molar-refractivity contribution in [3.05, 3.63) is 0 Å². The van der Waals surface area contributed by atoms with Crippen molar-refractivity contribution in [3.8, 4) is 0 Å². The minimum absolute atomic E-state index is 0.0800. The Hall–Kier alpha value is -1.18. The van der Waals surface area contributed by atoms with Crippen LogP contribution >= 0.6 is 0 Å². The normalized spacial score (nSPS) is 50.4. The number of piperidine rings is 1. The molecule has 0 aromatic carbocycles. The Labute approximate surface area is 130 Å². The zero-order valence-corrected chi connectivity index (χ0v) is 13.0. The molecule has 0 aromatic rings. The lowest BCUT2D eigenvalue weighted by atomic mass is 9.78. The molecule has 5 N–H and O–H groups in total. The summed E-state index contributed by atoms with van der Waals surface area (Å²) in [5.74, 6) is 1.89. The molecule has 0 bridgehead atoms. The van der Waals surface area contributed by atoms with Crippen molar-refractivity contribution < 1.29 is 10.2 Å². The third-order valence-corrected chi connectivity index (χ3v) is 5.53. The van der Waals surface area contributed by atoms with Gasteiger partial charge in [-0.2, -0.15) is 0 Å². The van der Waals surface area contributed by atoms with Crippen LogP contribution in [0.25, 0.3) is 0 Å². The van der Waals surface area contributed by atoms with Crippen LogP contribution in [0, 0.1) is 11.8 Å². The lowest BCUT2D eigenvalue weighted by Gasteiger charge is -2.36. The topological polar surface area (TPSA) is 101 Å². The maximum Gasteiger partial charge on any atom is 0.123 e. The number of fused-ring (bicyclic) bond motifs is 2. The van der Waals surface area contributed by atoms with Gasteiger partial charge in [0.25, 0.3) is 0 Å². The molecule has 7 nitrogen and oxygen atoms in total. The van der Waals surface area contributed by atoms with Gasteiger partial charge in [0, 0.05) is 5.92 Å². The molecule has 0 amide bonds. The van der Waals surface area contributed by atoms with Crippen LogP contribution in [0.2, 0.25) is 0 Å². The van der Waals surface area contributed by atoms with Crippen LogP contribution in [0.4, 0.5) is 0 Å². The SMILES string of the molecule is CC1=NC2NC3NC(C4CC(O)C(C)CC4O)=NC3CC2N1. The van der Waals surface area contributed by atoms with Crippen LogP contribution in [0.5, 0.6) is 0 Å². The number of aliphatic hydroxyl groups excluding tert-OH is 2. The first kappa shape index (κ1) is 14.4. The number of amidine groups is 2. The van der Waals surface area contributed by atoms with Crippen LogP contribution in [0.1, 0.15) is 33.1 Å². The number of hydrogen-bond donors (Lipinski definition) is 5. The van der Waals surface area contributed by atoms with E-state index in [1.807, 2.05) is 13.8 Å². The zero-order chi connectivity index (χ0) is 15.4. The van der Waals surface area contributed by atoms with Crippen molar-refractivity contribution in [1.29, 1.82) is 0 Å². The maximum atomic E-state index is 10.4. The Morgan fingerprint density at radius 3 is 2.68 bits per heavy atom. The molecule has 1 saturated heterocycles. The van der Waals surface area contributed by atoms with Crippen LogP contribution in [0.15, 0.2) is 9.98 Å². The molecule has 4 rings (SSSR count). The fraction of sp³-hybridized carbons (Fsp3) is 0.867. The Morgan fingerprint density at radius 2 is 1.86 bits per heavy atom. The van der Waals surface area contributed by atoms with Crippen LogP contribution in [-0.4, -0.2) is 58.5 Å². The van der Waals surface area contributed by atoms with Gasteiger partial charge in [0.1, 0.15) is 18.2 Å². The fourth-order valence-electron chi connectivity index (χ4n) is 4.20. The Morgan fingerprint density at radius 1 is 1.05 bits per heavy atom. The van der Waals surface area contributed by atoms with Crippen molar-refractivity contribution in [2.24, 2.45) is 21.8 Å². The second-order valence-electron chi connectivity index (χ2n) is 7.21. The largest absolute Gasteiger partial charge is 0.393 e. The predicted molar refractivity (Wildman–Crippen MR) is 83.6 cm³/mol. The van der Waals surface area contributed by atoms with Crippen LogP contribution in [-0.2, 0) is 0 Å². The first-order valence-electron chi connectivity index (χ1n) is 8.28. The van der Waals surface area contributed by atoms with E-state index >= 15 is 0 Å². The van der Waals surface area contributed by atoms with Crippen molar-refractivity contribution >= 4 is 11.7 Å². The monoisotopic (exact) mass is 307 g/mol. The van der Waals surface area contributed by atoms with E-state index in [0.29, 0.717) is 18.9 Å². The highest BCUT2D eigenvalue weighted by atomic mass is 16.3. The summed E-state index contributed by atoms with van der Waals surface area (Å²) in [6, 6.07) is 0.460. The molecule has 3 aliphatic heterocycles. The lowest BCUT2D eigenvalue weighted by Crippen LogP contribution is -2.61. The molecule has 4 aliphatic rings. The molecule has 8 unspecified atom stereocenters. The molecular weight excluding hydrogens is 282 g/mol. The van der Waals surface area contributed by atoms with E-state index in [0.717, 1.165) is 18.1 Å². The second kappa shape index (κ2) is 5.18. The highest BCUT2D eigenvalue weighted by Gasteiger charge is 2.45. The van der Waals surface area contributed by atoms with Gasteiger partial charge < -0.3 is 20.8 Å². The molecule has 1 aliphatic carbocycles. The smallest absolute Gasteiger partial charge is 0.123 e. The third kappa shape index (κ3) is 2.31. The molecule has 1 saturated carbocycles. The molecule has 0 aromatic heterocycles. The number of nitrogens with zero attached hydrogens (tertiary/aromatic N) is 2. The number of nitrogens with one attached hydrogen (secondary N) is 3. The third-order valence-electron chi connectivity index (χ3n) is 5.53. The predicted octanol–water partition coefficient (Wildman–Crippen LogP) is -0.840. The summed E-state index contributed by atoms with van der Waals surface area (Å²) >= 11 is 0. The summed E-state index contributed by atoms with van der Waals surface area (Å²) in [6.07, 6.45) is 1.54. The first-order chi connectivity index (χ1) is 10.5. The summed E-state index contributed by atoms with van der Waals surface area (Å²) in [5, 5.41) is 30.8. The van der Waals surface area contributed by atoms with Gasteiger partial charge in [0.05, 0.1) is 30.1 Å². The van der Waals surface area contributed by atoms with E-state index in [1.54, 1.807) is 0 Å². The summed E-state index contributed by atoms with van der Waals surface area (Å²) < 4.78 is 0. The first-order valence-corrected chi connectivity index (χ1v) is 8.28. The fourth-order valence-corrected chi connectivity index (χ4v) is 4.20. The van der Waals surface area contributed by atoms with Gasteiger partial charge >= 0.3 is 0 Å². The van der Waals surface area contributed by atoms with E-state index in [4.69, 9.17) is 4.99 Å². The summed E-state index contributed by atoms with van der Waals surface area (Å²) in [7, 11) is 0. The van der Waals surface area contributed by atoms with Gasteiger partial charge in [-0.3, -0.25) is 15.3 Å². The van der Waals surface area contributed by atoms with Gasteiger partial charge in [-0.1, -0.05) is 6.92 Å². The Balaban J connectivity index is 1.47. The van der Waals surface area contributed by atoms with E-state index in [1.165, 1.54) is 0 Å². The van der Waals surface area contributed by atoms with Gasteiger partial charge in [0.15, 0.2) is 0 Å². The summed E-state index contributed by atoms with van der Waals surface area (Å²) in [4.78, 5) is 9.37. The number of aliphatic imine (C=N–C) groups is 2. The Kier molecular flexibility index (Phi) is 3.39. The molecule has 0 spiro atoms. The maximum absolute atomic E-state index is 10.4. The second-order valence-corrected chi connectivity index (χ2v) is 7.21. The summed E-state index contributed by atoms with van der Waals surface area (Å²) in [5.41, 5.74) is 0. The minimum Gasteiger partial charge on any atom is -0.393 e. The van der Waals surface area contributed by atoms with Crippen molar-refractivity contribution in [1.82, 2.24) is 16.0 Å². The van der Waals surface area contributed by atoms with E-state index in [2.05, 4.69) is 20.9 Å². The quantitative estimate of drug-likeness (QED) is 0.435. The van der Waals surface area contributed by atoms with Gasteiger partial charge in [-0.15, -0.1) is 0 Å². The average molecular weight is 307 g/mol. The number of hydrogen-bond acceptors (Lipinski definition) is 7. The summed E-state index contributed by atoms with van der Waals surface area (Å²) in [6.45, 7) is 3.97. The van der Waals surface area contributed by atoms with Gasteiger partial charge in [-0.05, 0) is 32.1 Å². The molecule has 2 fully saturated rings. The average Bonchev–Trinajstić information content (AvgIpc) is 3.01. The van der Waals surface area contributed by atoms with Crippen molar-refractivity contribution in [3.63, 3.8) is 0 Å². The molecule has 3 heterocycles. The molecule has 8 atom stereocenters. The highest BCUT2D eigenvalue weighted by molar-refractivity contribution is 5.87. The highest BCUT2D eigenvalue weighted by Crippen LogP contribution is 2.32. The van der Waals surface area contributed by atoms with Crippen molar-refractivity contribution in [2.45, 2.75) is 69.7 Å². The molecule has 122 valence electrons. The zero-order valence-electron chi connectivity index (χ0n) is 13.0. The van der Waals surface area contributed by atoms with E-state index in [9.17, 15) is 10.2 Å². The number of rotatable bonds is 1. The van der Waals surface area contributed by atoms with Crippen LogP contribution in [0.3, 0.4) is 0 Å². The standard InChI is InChI=1S/C15H25N5O2/c1-6-3-12(22)8(4-11(6)21)13-18-10-5-9-14(17-7(2)16-9)20-15(10)19-13/h6,8-12,14-15,20-22H,3-5H2,1-2H3,(H,16,17)(H,18,19). The van der Waals surface area contributed by atoms with E-state index < -0.39 is 6.10 Å². The van der Waals surface area contributed by atoms with E-state index in [-0.39, 0.29) is 36.3 Å². The number of aliphatic hydroxyl groups is 2. The van der Waals surface area contributed by atoms with Gasteiger partial charge in [-0.25, -0.2) is 0 Å². The molecule has 22 heavy (non-hydrogen) atoms. The van der Waals surface area contributed by atoms with Gasteiger partial charge in [0.2, 0.25) is 0 Å². The Bertz CT molecular complexity index is 522. The van der Waals surface area contributed by atoms with Crippen LogP contribution < -0.4 is 16.0 Å². The lowest BCUT2D eigenvalue weighted by molar-refractivity contribution is -0.00646. The molecule has 0 radical (unpaired) electrons.